The van der Waals surface area contributed by atoms with Crippen molar-refractivity contribution in [1.29, 1.82) is 5.26 Å². The predicted octanol–water partition coefficient (Wildman–Crippen LogP) is 4.36. The van der Waals surface area contributed by atoms with Crippen LogP contribution in [-0.2, 0) is 0 Å². The number of nitriles is 1. The summed E-state index contributed by atoms with van der Waals surface area (Å²) in [4.78, 5) is 4.44. The molecule has 3 nitrogen and oxygen atoms in total. The maximum absolute atomic E-state index is 13.4. The molecule has 0 bridgehead atoms. The summed E-state index contributed by atoms with van der Waals surface area (Å²) in [6.45, 7) is 2.03. The molecule has 0 aliphatic carbocycles. The average Bonchev–Trinajstić information content (AvgIpc) is 2.79. The van der Waals surface area contributed by atoms with Crippen LogP contribution in [0.4, 0.5) is 15.2 Å². The van der Waals surface area contributed by atoms with E-state index < -0.39 is 5.82 Å². The Morgan fingerprint density at radius 3 is 2.90 bits per heavy atom. The normalized spacial score (nSPS) is 10.4. The lowest BCUT2D eigenvalue weighted by atomic mass is 10.2. The molecule has 0 spiro atoms. The van der Waals surface area contributed by atoms with Gasteiger partial charge in [0.25, 0.3) is 0 Å². The molecule has 3 aromatic rings. The van der Waals surface area contributed by atoms with Crippen molar-refractivity contribution in [3.63, 3.8) is 0 Å². The Kier molecular flexibility index (Phi) is 3.09. The summed E-state index contributed by atoms with van der Waals surface area (Å²) in [6.07, 6.45) is 0. The Morgan fingerprint density at radius 1 is 1.25 bits per heavy atom. The monoisotopic (exact) mass is 283 g/mol. The second-order valence-electron chi connectivity index (χ2n) is 4.46. The molecule has 2 aromatic carbocycles. The third-order valence-electron chi connectivity index (χ3n) is 2.82. The van der Waals surface area contributed by atoms with Gasteiger partial charge < -0.3 is 5.32 Å². The molecule has 0 radical (unpaired) electrons. The molecule has 1 aromatic heterocycles. The minimum absolute atomic E-state index is 0.282. The highest BCUT2D eigenvalue weighted by Crippen LogP contribution is 2.29. The average molecular weight is 283 g/mol. The number of aromatic nitrogens is 1. The van der Waals surface area contributed by atoms with Crippen LogP contribution in [0.5, 0.6) is 0 Å². The SMILES string of the molecule is Cc1ccc2nc(Nc3cc(F)cc(C#N)c3)sc2c1. The zero-order valence-corrected chi connectivity index (χ0v) is 11.5. The third-order valence-corrected chi connectivity index (χ3v) is 3.76. The van der Waals surface area contributed by atoms with Gasteiger partial charge in [0.15, 0.2) is 5.13 Å². The van der Waals surface area contributed by atoms with E-state index in [4.69, 9.17) is 5.26 Å². The lowest BCUT2D eigenvalue weighted by Crippen LogP contribution is -1.91. The number of halogens is 1. The molecule has 98 valence electrons. The fourth-order valence-corrected chi connectivity index (χ4v) is 2.92. The summed E-state index contributed by atoms with van der Waals surface area (Å²) in [5, 5.41) is 12.6. The highest BCUT2D eigenvalue weighted by atomic mass is 32.1. The van der Waals surface area contributed by atoms with Crippen LogP contribution in [0.25, 0.3) is 10.2 Å². The second-order valence-corrected chi connectivity index (χ2v) is 5.49. The van der Waals surface area contributed by atoms with E-state index in [1.807, 2.05) is 25.1 Å². The highest BCUT2D eigenvalue weighted by molar-refractivity contribution is 7.22. The van der Waals surface area contributed by atoms with E-state index in [0.29, 0.717) is 10.8 Å². The van der Waals surface area contributed by atoms with Gasteiger partial charge in [0.1, 0.15) is 5.82 Å². The number of aryl methyl sites for hydroxylation is 1. The molecule has 0 saturated carbocycles. The van der Waals surface area contributed by atoms with Gasteiger partial charge in [0, 0.05) is 5.69 Å². The van der Waals surface area contributed by atoms with E-state index in [1.54, 1.807) is 6.07 Å². The lowest BCUT2D eigenvalue weighted by molar-refractivity contribution is 0.628. The van der Waals surface area contributed by atoms with E-state index in [0.717, 1.165) is 10.2 Å². The molecule has 0 atom stereocenters. The maximum atomic E-state index is 13.4. The van der Waals surface area contributed by atoms with Crippen molar-refractivity contribution in [2.75, 3.05) is 5.32 Å². The first-order valence-electron chi connectivity index (χ1n) is 5.99. The molecule has 3 rings (SSSR count). The molecule has 0 aliphatic heterocycles. The van der Waals surface area contributed by atoms with Gasteiger partial charge in [0.2, 0.25) is 0 Å². The van der Waals surface area contributed by atoms with Crippen LogP contribution in [0.2, 0.25) is 0 Å². The van der Waals surface area contributed by atoms with Gasteiger partial charge in [-0.05, 0) is 42.8 Å². The van der Waals surface area contributed by atoms with Crippen LogP contribution in [0, 0.1) is 24.1 Å². The maximum Gasteiger partial charge on any atom is 0.188 e. The number of anilines is 2. The quantitative estimate of drug-likeness (QED) is 0.760. The van der Waals surface area contributed by atoms with Crippen molar-refractivity contribution in [3.8, 4) is 6.07 Å². The zero-order valence-electron chi connectivity index (χ0n) is 10.6. The minimum Gasteiger partial charge on any atom is -0.331 e. The predicted molar refractivity (Wildman–Crippen MR) is 78.8 cm³/mol. The first kappa shape index (κ1) is 12.6. The molecule has 1 heterocycles. The summed E-state index contributed by atoms with van der Waals surface area (Å²) in [5.41, 5.74) is 2.88. The molecule has 0 unspecified atom stereocenters. The van der Waals surface area contributed by atoms with Crippen LogP contribution in [0.15, 0.2) is 36.4 Å². The lowest BCUT2D eigenvalue weighted by Gasteiger charge is -2.02. The van der Waals surface area contributed by atoms with Crippen molar-refractivity contribution >= 4 is 32.4 Å². The fourth-order valence-electron chi connectivity index (χ4n) is 1.94. The zero-order chi connectivity index (χ0) is 14.1. The van der Waals surface area contributed by atoms with Crippen molar-refractivity contribution < 1.29 is 4.39 Å². The van der Waals surface area contributed by atoms with Crippen LogP contribution in [-0.4, -0.2) is 4.98 Å². The van der Waals surface area contributed by atoms with Crippen molar-refractivity contribution in [3.05, 3.63) is 53.3 Å². The summed E-state index contributed by atoms with van der Waals surface area (Å²) >= 11 is 1.50. The number of benzene rings is 2. The van der Waals surface area contributed by atoms with Gasteiger partial charge in [-0.2, -0.15) is 5.26 Å². The summed E-state index contributed by atoms with van der Waals surface area (Å²) in [6, 6.07) is 12.1. The van der Waals surface area contributed by atoms with Gasteiger partial charge >= 0.3 is 0 Å². The molecular formula is C15H10FN3S. The number of rotatable bonds is 2. The number of nitrogens with one attached hydrogen (secondary N) is 1. The van der Waals surface area contributed by atoms with Crippen molar-refractivity contribution in [2.24, 2.45) is 0 Å². The van der Waals surface area contributed by atoms with Crippen LogP contribution in [0.3, 0.4) is 0 Å². The van der Waals surface area contributed by atoms with Crippen LogP contribution in [0.1, 0.15) is 11.1 Å². The van der Waals surface area contributed by atoms with E-state index in [-0.39, 0.29) is 5.56 Å². The standard InChI is InChI=1S/C15H10FN3S/c1-9-2-3-13-14(4-9)20-15(19-13)18-12-6-10(8-17)5-11(16)7-12/h2-7H,1H3,(H,18,19). The molecule has 0 amide bonds. The van der Waals surface area contributed by atoms with E-state index in [1.165, 1.54) is 29.0 Å². The fraction of sp³-hybridized carbons (Fsp3) is 0.0667. The number of hydrogen-bond donors (Lipinski definition) is 1. The highest BCUT2D eigenvalue weighted by Gasteiger charge is 2.06. The Morgan fingerprint density at radius 2 is 2.10 bits per heavy atom. The molecule has 20 heavy (non-hydrogen) atoms. The largest absolute Gasteiger partial charge is 0.331 e. The molecule has 0 saturated heterocycles. The van der Waals surface area contributed by atoms with Gasteiger partial charge in [-0.3, -0.25) is 0 Å². The minimum atomic E-state index is -0.441. The summed E-state index contributed by atoms with van der Waals surface area (Å²) in [7, 11) is 0. The number of hydrogen-bond acceptors (Lipinski definition) is 4. The number of fused-ring (bicyclic) bond motifs is 1. The van der Waals surface area contributed by atoms with Crippen LogP contribution >= 0.6 is 11.3 Å². The summed E-state index contributed by atoms with van der Waals surface area (Å²) < 4.78 is 14.4. The van der Waals surface area contributed by atoms with Crippen molar-refractivity contribution in [2.45, 2.75) is 6.92 Å². The Balaban J connectivity index is 1.97. The van der Waals surface area contributed by atoms with E-state index in [2.05, 4.69) is 16.4 Å². The Hall–Kier alpha value is -2.45. The first-order valence-corrected chi connectivity index (χ1v) is 6.80. The molecule has 1 N–H and O–H groups in total. The molecular weight excluding hydrogens is 273 g/mol. The van der Waals surface area contributed by atoms with Crippen molar-refractivity contribution in [1.82, 2.24) is 4.98 Å². The van der Waals surface area contributed by atoms with E-state index in [9.17, 15) is 4.39 Å². The third kappa shape index (κ3) is 2.46. The number of thiazole rings is 1. The van der Waals surface area contributed by atoms with E-state index >= 15 is 0 Å². The Bertz CT molecular complexity index is 833. The molecule has 0 aliphatic rings. The molecule has 0 fully saturated rings. The smallest absolute Gasteiger partial charge is 0.188 e. The molecule has 5 heteroatoms. The van der Waals surface area contributed by atoms with Gasteiger partial charge in [-0.1, -0.05) is 17.4 Å². The van der Waals surface area contributed by atoms with Crippen LogP contribution < -0.4 is 5.32 Å². The summed E-state index contributed by atoms with van der Waals surface area (Å²) in [5.74, 6) is -0.441. The second kappa shape index (κ2) is 4.91. The Labute approximate surface area is 119 Å². The first-order chi connectivity index (χ1) is 9.64. The van der Waals surface area contributed by atoms with Gasteiger partial charge in [0.05, 0.1) is 21.8 Å². The van der Waals surface area contributed by atoms with Gasteiger partial charge in [-0.15, -0.1) is 0 Å². The topological polar surface area (TPSA) is 48.7 Å². The van der Waals surface area contributed by atoms with Gasteiger partial charge in [-0.25, -0.2) is 9.37 Å². The number of nitrogens with zero attached hydrogens (tertiary/aromatic N) is 2.